The lowest BCUT2D eigenvalue weighted by Crippen LogP contribution is -2.49. The van der Waals surface area contributed by atoms with Gasteiger partial charge in [0.15, 0.2) is 0 Å². The summed E-state index contributed by atoms with van der Waals surface area (Å²) >= 11 is 3.72. The molecule has 0 saturated carbocycles. The molecule has 2 atom stereocenters. The molecular formula is C7H12N2O5S. The Morgan fingerprint density at radius 1 is 1.33 bits per heavy atom. The van der Waals surface area contributed by atoms with Gasteiger partial charge in [0.05, 0.1) is 12.5 Å². The molecule has 86 valence electrons. The van der Waals surface area contributed by atoms with Crippen LogP contribution in [0.2, 0.25) is 0 Å². The summed E-state index contributed by atoms with van der Waals surface area (Å²) in [5.74, 6) is -3.39. The molecule has 1 amide bonds. The molecule has 0 aromatic rings. The normalized spacial score (nSPS) is 14.0. The highest BCUT2D eigenvalue weighted by Gasteiger charge is 2.23. The molecule has 5 N–H and O–H groups in total. The molecule has 0 radical (unpaired) electrons. The van der Waals surface area contributed by atoms with Gasteiger partial charge < -0.3 is 21.3 Å². The van der Waals surface area contributed by atoms with Gasteiger partial charge in [-0.05, 0) is 0 Å². The van der Waals surface area contributed by atoms with E-state index in [-0.39, 0.29) is 5.75 Å². The Labute approximate surface area is 91.0 Å². The zero-order valence-corrected chi connectivity index (χ0v) is 8.61. The standard InChI is InChI=1S/C7H12N2O5S/c8-3(1-5(10)11)6(12)9-4(2-15)7(13)14/h3-4,15H,1-2,8H2,(H,9,12)(H,10,11)(H,13,14). The minimum Gasteiger partial charge on any atom is -0.481 e. The lowest BCUT2D eigenvalue weighted by Gasteiger charge is -2.14. The number of carbonyl (C=O) groups excluding carboxylic acids is 1. The van der Waals surface area contributed by atoms with Crippen molar-refractivity contribution in [2.75, 3.05) is 5.75 Å². The van der Waals surface area contributed by atoms with Gasteiger partial charge in [-0.3, -0.25) is 9.59 Å². The van der Waals surface area contributed by atoms with Crippen LogP contribution in [0.1, 0.15) is 6.42 Å². The van der Waals surface area contributed by atoms with Gasteiger partial charge in [0, 0.05) is 5.75 Å². The van der Waals surface area contributed by atoms with Gasteiger partial charge in [-0.15, -0.1) is 0 Å². The van der Waals surface area contributed by atoms with Crippen molar-refractivity contribution in [3.63, 3.8) is 0 Å². The summed E-state index contributed by atoms with van der Waals surface area (Å²) in [5, 5.41) is 19.0. The number of aliphatic carboxylic acids is 2. The van der Waals surface area contributed by atoms with Crippen LogP contribution >= 0.6 is 12.6 Å². The number of carbonyl (C=O) groups is 3. The van der Waals surface area contributed by atoms with Gasteiger partial charge in [-0.2, -0.15) is 12.6 Å². The van der Waals surface area contributed by atoms with Crippen molar-refractivity contribution in [1.82, 2.24) is 5.32 Å². The van der Waals surface area contributed by atoms with E-state index >= 15 is 0 Å². The molecule has 7 nitrogen and oxygen atoms in total. The summed E-state index contributed by atoms with van der Waals surface area (Å²) in [4.78, 5) is 31.9. The predicted molar refractivity (Wildman–Crippen MR) is 53.6 cm³/mol. The van der Waals surface area contributed by atoms with Crippen LogP contribution < -0.4 is 11.1 Å². The monoisotopic (exact) mass is 236 g/mol. The molecule has 0 fully saturated rings. The number of nitrogens with two attached hydrogens (primary N) is 1. The van der Waals surface area contributed by atoms with Crippen LogP contribution in [-0.2, 0) is 14.4 Å². The molecular weight excluding hydrogens is 224 g/mol. The van der Waals surface area contributed by atoms with Crippen LogP contribution in [0.25, 0.3) is 0 Å². The molecule has 0 spiro atoms. The lowest BCUT2D eigenvalue weighted by atomic mass is 10.2. The maximum atomic E-state index is 11.2. The van der Waals surface area contributed by atoms with Crippen molar-refractivity contribution in [3.05, 3.63) is 0 Å². The summed E-state index contributed by atoms with van der Waals surface area (Å²) in [7, 11) is 0. The number of hydrogen-bond donors (Lipinski definition) is 5. The van der Waals surface area contributed by atoms with Crippen LogP contribution in [0.3, 0.4) is 0 Å². The van der Waals surface area contributed by atoms with Gasteiger partial charge >= 0.3 is 11.9 Å². The molecule has 0 aliphatic rings. The second-order valence-corrected chi connectivity index (χ2v) is 3.15. The molecule has 0 aromatic carbocycles. The third kappa shape index (κ3) is 5.23. The SMILES string of the molecule is NC(CC(=O)O)C(=O)NC(CS)C(=O)O. The van der Waals surface area contributed by atoms with E-state index in [0.29, 0.717) is 0 Å². The third-order valence-corrected chi connectivity index (χ3v) is 1.89. The molecule has 8 heteroatoms. The van der Waals surface area contributed by atoms with Crippen LogP contribution in [0, 0.1) is 0 Å². The van der Waals surface area contributed by atoms with Crippen molar-refractivity contribution in [2.45, 2.75) is 18.5 Å². The first-order valence-electron chi connectivity index (χ1n) is 4.00. The number of carboxylic acids is 2. The topological polar surface area (TPSA) is 130 Å². The second-order valence-electron chi connectivity index (χ2n) is 2.79. The van der Waals surface area contributed by atoms with E-state index in [4.69, 9.17) is 15.9 Å². The fraction of sp³-hybridized carbons (Fsp3) is 0.571. The number of carboxylic acid groups (broad SMARTS) is 2. The van der Waals surface area contributed by atoms with Crippen molar-refractivity contribution in [3.8, 4) is 0 Å². The van der Waals surface area contributed by atoms with Crippen molar-refractivity contribution < 1.29 is 24.6 Å². The fourth-order valence-electron chi connectivity index (χ4n) is 0.745. The van der Waals surface area contributed by atoms with Crippen LogP contribution in [0.5, 0.6) is 0 Å². The minimum absolute atomic E-state index is 0.0964. The summed E-state index contributed by atoms with van der Waals surface area (Å²) in [6.07, 6.45) is -0.551. The smallest absolute Gasteiger partial charge is 0.327 e. The van der Waals surface area contributed by atoms with Gasteiger partial charge in [0.25, 0.3) is 0 Å². The van der Waals surface area contributed by atoms with Gasteiger partial charge in [-0.1, -0.05) is 0 Å². The van der Waals surface area contributed by atoms with E-state index in [9.17, 15) is 14.4 Å². The molecule has 0 aliphatic heterocycles. The number of rotatable bonds is 6. The molecule has 0 bridgehead atoms. The summed E-state index contributed by atoms with van der Waals surface area (Å²) in [6, 6.07) is -2.43. The van der Waals surface area contributed by atoms with E-state index in [2.05, 4.69) is 17.9 Å². The Hall–Kier alpha value is -1.28. The van der Waals surface area contributed by atoms with Gasteiger partial charge in [0.2, 0.25) is 5.91 Å². The zero-order valence-electron chi connectivity index (χ0n) is 7.71. The van der Waals surface area contributed by atoms with Crippen LogP contribution in [0.4, 0.5) is 0 Å². The maximum absolute atomic E-state index is 11.2. The van der Waals surface area contributed by atoms with Crippen molar-refractivity contribution in [1.29, 1.82) is 0 Å². The molecule has 2 unspecified atom stereocenters. The molecule has 0 aromatic heterocycles. The third-order valence-electron chi connectivity index (χ3n) is 1.53. The van der Waals surface area contributed by atoms with E-state index < -0.39 is 36.4 Å². The van der Waals surface area contributed by atoms with Crippen molar-refractivity contribution in [2.24, 2.45) is 5.73 Å². The van der Waals surface area contributed by atoms with Crippen LogP contribution in [0.15, 0.2) is 0 Å². The van der Waals surface area contributed by atoms with E-state index in [0.717, 1.165) is 0 Å². The first kappa shape index (κ1) is 13.7. The van der Waals surface area contributed by atoms with Gasteiger partial charge in [-0.25, -0.2) is 4.79 Å². The largest absolute Gasteiger partial charge is 0.481 e. The Morgan fingerprint density at radius 3 is 2.20 bits per heavy atom. The molecule has 15 heavy (non-hydrogen) atoms. The number of hydrogen-bond acceptors (Lipinski definition) is 5. The Kier molecular flexibility index (Phi) is 5.72. The quantitative estimate of drug-likeness (QED) is 0.349. The average Bonchev–Trinajstić information content (AvgIpc) is 2.11. The summed E-state index contributed by atoms with van der Waals surface area (Å²) in [5.41, 5.74) is 5.21. The predicted octanol–water partition coefficient (Wildman–Crippen LogP) is -1.71. The van der Waals surface area contributed by atoms with Gasteiger partial charge in [0.1, 0.15) is 6.04 Å². The molecule has 0 rings (SSSR count). The molecule has 0 saturated heterocycles. The van der Waals surface area contributed by atoms with E-state index in [1.54, 1.807) is 0 Å². The fourth-order valence-corrected chi connectivity index (χ4v) is 0.993. The average molecular weight is 236 g/mol. The number of thiol groups is 1. The highest BCUT2D eigenvalue weighted by Crippen LogP contribution is 1.93. The highest BCUT2D eigenvalue weighted by atomic mass is 32.1. The minimum atomic E-state index is -1.26. The Bertz CT molecular complexity index is 270. The molecule has 0 aliphatic carbocycles. The highest BCUT2D eigenvalue weighted by molar-refractivity contribution is 7.80. The number of nitrogens with one attached hydrogen (secondary N) is 1. The summed E-state index contributed by atoms with van der Waals surface area (Å²) < 4.78 is 0. The Morgan fingerprint density at radius 2 is 1.87 bits per heavy atom. The molecule has 0 heterocycles. The van der Waals surface area contributed by atoms with E-state index in [1.165, 1.54) is 0 Å². The van der Waals surface area contributed by atoms with E-state index in [1.807, 2.05) is 0 Å². The number of amides is 1. The maximum Gasteiger partial charge on any atom is 0.327 e. The second kappa shape index (κ2) is 6.25. The first-order chi connectivity index (χ1) is 6.88. The zero-order chi connectivity index (χ0) is 12.0. The first-order valence-corrected chi connectivity index (χ1v) is 4.63. The van der Waals surface area contributed by atoms with Crippen LogP contribution in [-0.4, -0.2) is 45.9 Å². The lowest BCUT2D eigenvalue weighted by molar-refractivity contribution is -0.142. The summed E-state index contributed by atoms with van der Waals surface area (Å²) in [6.45, 7) is 0. The van der Waals surface area contributed by atoms with Crippen molar-refractivity contribution >= 4 is 30.5 Å². The Balaban J connectivity index is 4.21.